The van der Waals surface area contributed by atoms with Gasteiger partial charge in [-0.25, -0.2) is 0 Å². The van der Waals surface area contributed by atoms with E-state index in [1.165, 1.54) is 0 Å². The summed E-state index contributed by atoms with van der Waals surface area (Å²) in [5.74, 6) is -2.60. The molecule has 5 saturated carbocycles. The molecule has 576 valence electrons. The third kappa shape index (κ3) is 14.1. The second-order valence-corrected chi connectivity index (χ2v) is 29.8. The number of carbonyl (C=O) groups excluding carboxylic acids is 1. The van der Waals surface area contributed by atoms with Crippen molar-refractivity contribution in [1.29, 1.82) is 0 Å². The fourth-order valence-corrected chi connectivity index (χ4v) is 18.3. The van der Waals surface area contributed by atoms with Gasteiger partial charge >= 0.3 is 5.97 Å². The molecule has 1 spiro atoms. The third-order valence-electron chi connectivity index (χ3n) is 23.9. The number of hydrogen-bond donors (Lipinski definition) is 23. The zero-order chi connectivity index (χ0) is 72.7. The first kappa shape index (κ1) is 78.9. The standard InChI is InChI=1S/C63H102O37/c1-21-12-62-9-5-30-60(2,7-4-8-61(30,3)59(87)99-57-51(98-55-47(85)43(81)36(74)26(16-67)92-55)49(38(76)27(17-68)93-57)96-54-46(84)42(80)35(73)25(15-66)91-54)31(62)6-10-63(21,20-62)100-58-52(89-23-11-22(13-64)32(70)40(78)33(23)71)50(39(77)28(18-69)94-58)97-56-48(86)44(82)37(75)29(95-56)19-88-53-45(83)41(79)34(72)24(14-65)90-53/h22-58,64-86H,1,4-20H2,2-3H3/t22?,23?,24?,25?,26?,27?,28?,29?,30?,31-,32?,33?,34?,35?,36?,37?,38?,39?,40?,41?,42?,43?,44?,45?,46?,47?,48?,49?,50?,51?,52?,53?,54?,55?,56?,57?,58?,60+,61+,62+,63?/m0/s1. The Kier molecular flexibility index (Phi) is 24.6. The lowest BCUT2D eigenvalue weighted by molar-refractivity contribution is -0.389. The minimum atomic E-state index is -2.13. The predicted octanol–water partition coefficient (Wildman–Crippen LogP) is -11.0. The summed E-state index contributed by atoms with van der Waals surface area (Å²) in [5, 5.41) is 249. The number of ether oxygens (including phenoxy) is 13. The summed E-state index contributed by atoms with van der Waals surface area (Å²) in [5.41, 5.74) is -3.39. The summed E-state index contributed by atoms with van der Waals surface area (Å²) < 4.78 is 79.4. The Bertz CT molecular complexity index is 2720. The van der Waals surface area contributed by atoms with E-state index in [-0.39, 0.29) is 31.6 Å². The molecule has 0 aromatic heterocycles. The van der Waals surface area contributed by atoms with Gasteiger partial charge in [-0.2, -0.15) is 0 Å². The molecule has 11 aliphatic rings. The van der Waals surface area contributed by atoms with Gasteiger partial charge in [-0.05, 0) is 93.0 Å². The highest BCUT2D eigenvalue weighted by Gasteiger charge is 2.70. The van der Waals surface area contributed by atoms with Crippen LogP contribution >= 0.6 is 0 Å². The van der Waals surface area contributed by atoms with Crippen LogP contribution in [0.3, 0.4) is 0 Å². The van der Waals surface area contributed by atoms with E-state index < -0.39 is 295 Å². The van der Waals surface area contributed by atoms with Crippen molar-refractivity contribution in [1.82, 2.24) is 0 Å². The lowest BCUT2D eigenvalue weighted by Gasteiger charge is -2.64. The van der Waals surface area contributed by atoms with E-state index >= 15 is 4.79 Å². The molecule has 23 N–H and O–H groups in total. The fourth-order valence-electron chi connectivity index (χ4n) is 18.3. The average Bonchev–Trinajstić information content (AvgIpc) is 1.44. The van der Waals surface area contributed by atoms with Crippen LogP contribution in [0.4, 0.5) is 0 Å². The molecule has 6 aliphatic heterocycles. The lowest BCUT2D eigenvalue weighted by atomic mass is 9.41. The van der Waals surface area contributed by atoms with Gasteiger partial charge in [-0.15, -0.1) is 0 Å². The summed E-state index contributed by atoms with van der Waals surface area (Å²) in [4.78, 5) is 15.5. The van der Waals surface area contributed by atoms with Crippen LogP contribution in [0.15, 0.2) is 12.2 Å². The van der Waals surface area contributed by atoms with Gasteiger partial charge in [0.25, 0.3) is 0 Å². The van der Waals surface area contributed by atoms with Crippen LogP contribution in [0.2, 0.25) is 0 Å². The van der Waals surface area contributed by atoms with Crippen LogP contribution < -0.4 is 0 Å². The van der Waals surface area contributed by atoms with E-state index in [4.69, 9.17) is 61.6 Å². The Morgan fingerprint density at radius 3 is 1.36 bits per heavy atom. The third-order valence-corrected chi connectivity index (χ3v) is 23.9. The molecule has 2 bridgehead atoms. The number of fused-ring (bicyclic) bond motifs is 3. The maximum atomic E-state index is 15.5. The zero-order valence-corrected chi connectivity index (χ0v) is 55.1. The summed E-state index contributed by atoms with van der Waals surface area (Å²) in [6.07, 6.45) is -60.0. The molecule has 0 aromatic rings. The predicted molar refractivity (Wildman–Crippen MR) is 320 cm³/mol. The van der Waals surface area contributed by atoms with Crippen molar-refractivity contribution in [2.45, 2.75) is 292 Å². The highest BCUT2D eigenvalue weighted by molar-refractivity contribution is 5.77. The van der Waals surface area contributed by atoms with Crippen molar-refractivity contribution in [3.63, 3.8) is 0 Å². The largest absolute Gasteiger partial charge is 0.432 e. The summed E-state index contributed by atoms with van der Waals surface area (Å²) in [6.45, 7) is 2.40. The molecule has 37 heteroatoms. The van der Waals surface area contributed by atoms with Crippen LogP contribution in [0.5, 0.6) is 0 Å². The number of hydrogen-bond acceptors (Lipinski definition) is 37. The van der Waals surface area contributed by atoms with Gasteiger partial charge in [-0.3, -0.25) is 4.79 Å². The van der Waals surface area contributed by atoms with Crippen molar-refractivity contribution in [3.8, 4) is 0 Å². The minimum Gasteiger partial charge on any atom is -0.432 e. The van der Waals surface area contributed by atoms with Gasteiger partial charge in [-0.1, -0.05) is 19.9 Å². The van der Waals surface area contributed by atoms with E-state index in [2.05, 4.69) is 13.5 Å². The van der Waals surface area contributed by atoms with Gasteiger partial charge in [0.05, 0.1) is 62.9 Å². The van der Waals surface area contributed by atoms with E-state index in [1.807, 2.05) is 0 Å². The molecule has 11 fully saturated rings. The number of esters is 1. The van der Waals surface area contributed by atoms with E-state index in [0.717, 1.165) is 0 Å². The first-order valence-electron chi connectivity index (χ1n) is 34.3. The molecular weight excluding hydrogens is 1350 g/mol. The van der Waals surface area contributed by atoms with Crippen LogP contribution in [0, 0.1) is 34.0 Å². The maximum Gasteiger partial charge on any atom is 0.314 e. The van der Waals surface area contributed by atoms with E-state index in [1.54, 1.807) is 6.92 Å². The Labute approximate surface area is 573 Å². The molecule has 0 radical (unpaired) electrons. The zero-order valence-electron chi connectivity index (χ0n) is 55.1. The number of rotatable bonds is 21. The smallest absolute Gasteiger partial charge is 0.314 e. The SMILES string of the molecule is C=C1C[C@@]23CCC4[C@](C)(C(=O)OC5OC(CO)C(O)C(OC6OC(CO)C(O)C(O)C6O)C5OC5OC(CO)C(O)C(O)C5O)CCC[C@@]4(C)[C@@H]2CCC1(OC1OC(CO)C(O)C(OC2OC(COC4OC(CO)C(O)C(O)C4O)C(O)C(O)C2O)C1OC1CC(CO)C(O)C(O)C1O)C3. The summed E-state index contributed by atoms with van der Waals surface area (Å²) >= 11 is 0. The van der Waals surface area contributed by atoms with Crippen molar-refractivity contribution in [2.75, 3.05) is 46.2 Å². The summed E-state index contributed by atoms with van der Waals surface area (Å²) in [7, 11) is 0. The second-order valence-electron chi connectivity index (χ2n) is 29.8. The first-order chi connectivity index (χ1) is 47.3. The van der Waals surface area contributed by atoms with Crippen LogP contribution in [-0.2, 0) is 66.4 Å². The van der Waals surface area contributed by atoms with Crippen LogP contribution in [0.25, 0.3) is 0 Å². The van der Waals surface area contributed by atoms with Gasteiger partial charge in [0.2, 0.25) is 6.29 Å². The van der Waals surface area contributed by atoms with E-state index in [0.29, 0.717) is 44.1 Å². The van der Waals surface area contributed by atoms with Crippen molar-refractivity contribution in [2.24, 2.45) is 34.0 Å². The first-order valence-corrected chi connectivity index (χ1v) is 34.3. The normalized spacial score (nSPS) is 54.5. The van der Waals surface area contributed by atoms with E-state index in [9.17, 15) is 117 Å². The Morgan fingerprint density at radius 1 is 0.430 bits per heavy atom. The Balaban J connectivity index is 0.853. The minimum absolute atomic E-state index is 0.187. The molecule has 37 unspecified atom stereocenters. The average molecular weight is 1450 g/mol. The van der Waals surface area contributed by atoms with Crippen molar-refractivity contribution >= 4 is 5.97 Å². The van der Waals surface area contributed by atoms with Crippen molar-refractivity contribution < 1.29 is 184 Å². The number of aliphatic hydroxyl groups excluding tert-OH is 23. The Morgan fingerprint density at radius 2 is 0.850 bits per heavy atom. The number of carbonyl (C=O) groups is 1. The molecule has 41 atom stereocenters. The maximum absolute atomic E-state index is 15.5. The molecule has 6 saturated heterocycles. The highest BCUT2D eigenvalue weighted by Crippen LogP contribution is 2.74. The molecule has 5 aliphatic carbocycles. The van der Waals surface area contributed by atoms with Gasteiger partial charge < -0.3 is 179 Å². The van der Waals surface area contributed by atoms with Crippen LogP contribution in [0.1, 0.15) is 78.1 Å². The fraction of sp³-hybridized carbons (Fsp3) is 0.952. The molecule has 100 heavy (non-hydrogen) atoms. The molecular formula is C63H102O37. The monoisotopic (exact) mass is 1450 g/mol. The van der Waals surface area contributed by atoms with Crippen LogP contribution in [-0.4, -0.2) is 384 Å². The number of aliphatic hydroxyl groups is 23. The second kappa shape index (κ2) is 31.2. The topological polar surface area (TPSA) is 602 Å². The molecule has 0 aromatic carbocycles. The molecule has 0 amide bonds. The highest BCUT2D eigenvalue weighted by atomic mass is 16.8. The van der Waals surface area contributed by atoms with Gasteiger partial charge in [0, 0.05) is 12.5 Å². The quantitative estimate of drug-likeness (QED) is 0.0288. The molecule has 11 rings (SSSR count). The van der Waals surface area contributed by atoms with Gasteiger partial charge in [0.1, 0.15) is 153 Å². The molecule has 37 nitrogen and oxygen atoms in total. The van der Waals surface area contributed by atoms with Crippen molar-refractivity contribution in [3.05, 3.63) is 12.2 Å². The van der Waals surface area contributed by atoms with Gasteiger partial charge in [0.15, 0.2) is 37.6 Å². The Hall–Kier alpha value is -2.19. The summed E-state index contributed by atoms with van der Waals surface area (Å²) in [6, 6.07) is 0. The molecule has 6 heterocycles. The lowest BCUT2D eigenvalue weighted by Crippen LogP contribution is -2.68.